The van der Waals surface area contributed by atoms with E-state index >= 15 is 0 Å². The molecular weight excluding hydrogens is 188 g/mol. The van der Waals surface area contributed by atoms with Crippen molar-refractivity contribution in [3.63, 3.8) is 0 Å². The summed E-state index contributed by atoms with van der Waals surface area (Å²) in [5.41, 5.74) is 0. The van der Waals surface area contributed by atoms with Gasteiger partial charge in [-0.1, -0.05) is 12.2 Å². The third kappa shape index (κ3) is 3.91. The van der Waals surface area contributed by atoms with Gasteiger partial charge in [0, 0.05) is 6.61 Å². The molecule has 0 aromatic heterocycles. The van der Waals surface area contributed by atoms with Crippen molar-refractivity contribution in [2.45, 2.75) is 19.3 Å². The summed E-state index contributed by atoms with van der Waals surface area (Å²) in [7, 11) is -2.72. The van der Waals surface area contributed by atoms with E-state index in [1.165, 1.54) is 0 Å². The Bertz CT molecular complexity index is 267. The first-order chi connectivity index (χ1) is 6.14. The zero-order valence-corrected chi connectivity index (χ0v) is 8.46. The van der Waals surface area contributed by atoms with Gasteiger partial charge >= 0.3 is 0 Å². The number of aliphatic hydroxyl groups excluding tert-OH is 1. The highest BCUT2D eigenvalue weighted by Crippen LogP contribution is 2.21. The van der Waals surface area contributed by atoms with Crippen LogP contribution in [-0.4, -0.2) is 31.6 Å². The molecule has 1 aliphatic rings. The van der Waals surface area contributed by atoms with Crippen molar-refractivity contribution >= 4 is 9.84 Å². The molecule has 76 valence electrons. The second-order valence-electron chi connectivity index (χ2n) is 3.49. The van der Waals surface area contributed by atoms with Crippen molar-refractivity contribution in [2.24, 2.45) is 5.92 Å². The highest BCUT2D eigenvalue weighted by atomic mass is 32.2. The SMILES string of the molecule is O=S1(=O)CCC(C/C=C\CCO)C1. The van der Waals surface area contributed by atoms with Crippen LogP contribution < -0.4 is 0 Å². The van der Waals surface area contributed by atoms with Crippen LogP contribution in [0.25, 0.3) is 0 Å². The Labute approximate surface area is 79.4 Å². The largest absolute Gasteiger partial charge is 0.396 e. The van der Waals surface area contributed by atoms with Gasteiger partial charge in [-0.25, -0.2) is 8.42 Å². The minimum absolute atomic E-state index is 0.166. The second kappa shape index (κ2) is 4.77. The maximum Gasteiger partial charge on any atom is 0.150 e. The predicted molar refractivity (Wildman–Crippen MR) is 52.2 cm³/mol. The number of rotatable bonds is 4. The van der Waals surface area contributed by atoms with Crippen molar-refractivity contribution < 1.29 is 13.5 Å². The van der Waals surface area contributed by atoms with E-state index in [1.54, 1.807) is 0 Å². The highest BCUT2D eigenvalue weighted by molar-refractivity contribution is 7.91. The third-order valence-electron chi connectivity index (χ3n) is 2.26. The van der Waals surface area contributed by atoms with Crippen LogP contribution in [0.1, 0.15) is 19.3 Å². The average molecular weight is 204 g/mol. The number of aliphatic hydroxyl groups is 1. The maximum absolute atomic E-state index is 11.1. The molecule has 0 bridgehead atoms. The van der Waals surface area contributed by atoms with Crippen LogP contribution in [0.2, 0.25) is 0 Å². The van der Waals surface area contributed by atoms with Gasteiger partial charge in [0.05, 0.1) is 11.5 Å². The summed E-state index contributed by atoms with van der Waals surface area (Å²) in [5.74, 6) is 1.00. The molecule has 1 unspecified atom stereocenters. The van der Waals surface area contributed by atoms with Crippen LogP contribution in [0.5, 0.6) is 0 Å². The van der Waals surface area contributed by atoms with Crippen LogP contribution in [0.15, 0.2) is 12.2 Å². The minimum atomic E-state index is -2.72. The van der Waals surface area contributed by atoms with Crippen LogP contribution in [0, 0.1) is 5.92 Å². The fraction of sp³-hybridized carbons (Fsp3) is 0.778. The van der Waals surface area contributed by atoms with E-state index in [0.29, 0.717) is 23.8 Å². The van der Waals surface area contributed by atoms with Gasteiger partial charge in [-0.05, 0) is 25.2 Å². The molecule has 0 saturated carbocycles. The third-order valence-corrected chi connectivity index (χ3v) is 4.10. The van der Waals surface area contributed by atoms with E-state index in [0.717, 1.165) is 12.8 Å². The van der Waals surface area contributed by atoms with E-state index in [-0.39, 0.29) is 6.61 Å². The van der Waals surface area contributed by atoms with Gasteiger partial charge in [0.15, 0.2) is 9.84 Å². The number of hydrogen-bond donors (Lipinski definition) is 1. The van der Waals surface area contributed by atoms with Crippen molar-refractivity contribution in [3.05, 3.63) is 12.2 Å². The Balaban J connectivity index is 2.25. The lowest BCUT2D eigenvalue weighted by atomic mass is 10.1. The molecule has 0 aromatic rings. The van der Waals surface area contributed by atoms with Crippen molar-refractivity contribution in [1.29, 1.82) is 0 Å². The molecule has 0 spiro atoms. The Morgan fingerprint density at radius 3 is 2.69 bits per heavy atom. The molecule has 0 radical (unpaired) electrons. The molecule has 0 aromatic carbocycles. The normalized spacial score (nSPS) is 27.0. The van der Waals surface area contributed by atoms with Gasteiger partial charge in [0.2, 0.25) is 0 Å². The van der Waals surface area contributed by atoms with Gasteiger partial charge in [-0.15, -0.1) is 0 Å². The molecule has 1 N–H and O–H groups in total. The first-order valence-electron chi connectivity index (χ1n) is 4.60. The van der Waals surface area contributed by atoms with E-state index in [9.17, 15) is 8.42 Å². The average Bonchev–Trinajstić information content (AvgIpc) is 2.40. The van der Waals surface area contributed by atoms with Gasteiger partial charge in [-0.3, -0.25) is 0 Å². The number of hydrogen-bond acceptors (Lipinski definition) is 3. The van der Waals surface area contributed by atoms with E-state index < -0.39 is 9.84 Å². The summed E-state index contributed by atoms with van der Waals surface area (Å²) in [6, 6.07) is 0. The van der Waals surface area contributed by atoms with E-state index in [1.807, 2.05) is 12.2 Å². The summed E-state index contributed by atoms with van der Waals surface area (Å²) in [6.07, 6.45) is 6.18. The second-order valence-corrected chi connectivity index (χ2v) is 5.72. The Hall–Kier alpha value is -0.350. The fourth-order valence-corrected chi connectivity index (χ4v) is 3.42. The lowest BCUT2D eigenvalue weighted by molar-refractivity contribution is 0.302. The van der Waals surface area contributed by atoms with Gasteiger partial charge in [-0.2, -0.15) is 0 Å². The summed E-state index contributed by atoms with van der Waals surface area (Å²) >= 11 is 0. The topological polar surface area (TPSA) is 54.4 Å². The fourth-order valence-electron chi connectivity index (χ4n) is 1.54. The van der Waals surface area contributed by atoms with E-state index in [4.69, 9.17) is 5.11 Å². The molecule has 13 heavy (non-hydrogen) atoms. The molecule has 0 amide bonds. The molecule has 1 fully saturated rings. The molecule has 1 atom stereocenters. The van der Waals surface area contributed by atoms with Crippen LogP contribution in [-0.2, 0) is 9.84 Å². The highest BCUT2D eigenvalue weighted by Gasteiger charge is 2.26. The van der Waals surface area contributed by atoms with E-state index in [2.05, 4.69) is 0 Å². The molecule has 3 nitrogen and oxygen atoms in total. The summed E-state index contributed by atoms with van der Waals surface area (Å²) in [4.78, 5) is 0. The van der Waals surface area contributed by atoms with Crippen LogP contribution in [0.4, 0.5) is 0 Å². The van der Waals surface area contributed by atoms with Crippen LogP contribution >= 0.6 is 0 Å². The number of allylic oxidation sites excluding steroid dienone is 1. The smallest absolute Gasteiger partial charge is 0.150 e. The Morgan fingerprint density at radius 2 is 2.15 bits per heavy atom. The molecule has 1 aliphatic heterocycles. The zero-order valence-electron chi connectivity index (χ0n) is 7.65. The molecule has 1 rings (SSSR count). The Kier molecular flexibility index (Phi) is 3.93. The minimum Gasteiger partial charge on any atom is -0.396 e. The quantitative estimate of drug-likeness (QED) is 0.687. The predicted octanol–water partition coefficient (Wildman–Crippen LogP) is 0.750. The molecule has 0 aliphatic carbocycles. The number of sulfone groups is 1. The van der Waals surface area contributed by atoms with Crippen LogP contribution in [0.3, 0.4) is 0 Å². The van der Waals surface area contributed by atoms with Gasteiger partial charge < -0.3 is 5.11 Å². The Morgan fingerprint density at radius 1 is 1.38 bits per heavy atom. The lowest BCUT2D eigenvalue weighted by Crippen LogP contribution is -2.03. The summed E-state index contributed by atoms with van der Waals surface area (Å²) in [5, 5.41) is 8.49. The zero-order chi connectivity index (χ0) is 9.73. The van der Waals surface area contributed by atoms with Crippen molar-refractivity contribution in [2.75, 3.05) is 18.1 Å². The standard InChI is InChI=1S/C9H16O3S/c10-6-3-1-2-4-9-5-7-13(11,12)8-9/h1-2,9-10H,3-8H2/b2-1-. The molecular formula is C9H16O3S. The summed E-state index contributed by atoms with van der Waals surface area (Å²) in [6.45, 7) is 0.166. The lowest BCUT2D eigenvalue weighted by Gasteiger charge is -2.00. The first kappa shape index (κ1) is 10.7. The monoisotopic (exact) mass is 204 g/mol. The molecule has 1 saturated heterocycles. The first-order valence-corrected chi connectivity index (χ1v) is 6.42. The van der Waals surface area contributed by atoms with Gasteiger partial charge in [0.25, 0.3) is 0 Å². The maximum atomic E-state index is 11.1. The van der Waals surface area contributed by atoms with Crippen molar-refractivity contribution in [1.82, 2.24) is 0 Å². The summed E-state index contributed by atoms with van der Waals surface area (Å²) < 4.78 is 22.1. The molecule has 4 heteroatoms. The molecule has 1 heterocycles. The van der Waals surface area contributed by atoms with Crippen molar-refractivity contribution in [3.8, 4) is 0 Å². The van der Waals surface area contributed by atoms with Gasteiger partial charge in [0.1, 0.15) is 0 Å².